The predicted molar refractivity (Wildman–Crippen MR) is 80.5 cm³/mol. The lowest BCUT2D eigenvalue weighted by molar-refractivity contribution is 0.102. The Kier molecular flexibility index (Phi) is 3.34. The number of rotatable bonds is 2. The van der Waals surface area contributed by atoms with E-state index in [0.29, 0.717) is 21.3 Å². The number of carbonyl (C=O) groups is 1. The number of hydrogen-bond donors (Lipinski definition) is 2. The van der Waals surface area contributed by atoms with Crippen molar-refractivity contribution >= 4 is 45.7 Å². The Morgan fingerprint density at radius 2 is 2.00 bits per heavy atom. The molecule has 4 nitrogen and oxygen atoms in total. The molecule has 0 spiro atoms. The van der Waals surface area contributed by atoms with Gasteiger partial charge < -0.3 is 5.32 Å². The summed E-state index contributed by atoms with van der Waals surface area (Å²) in [5.41, 5.74) is 1.85. The van der Waals surface area contributed by atoms with Gasteiger partial charge in [-0.2, -0.15) is 5.10 Å². The molecule has 20 heavy (non-hydrogen) atoms. The average molecular weight is 306 g/mol. The highest BCUT2D eigenvalue weighted by atomic mass is 35.5. The lowest BCUT2D eigenvalue weighted by Gasteiger charge is -2.07. The normalized spacial score (nSPS) is 10.7. The molecule has 0 saturated carbocycles. The number of benzene rings is 2. The highest BCUT2D eigenvalue weighted by Crippen LogP contribution is 2.26. The number of aromatic nitrogens is 2. The van der Waals surface area contributed by atoms with Gasteiger partial charge in [0.2, 0.25) is 0 Å². The minimum absolute atomic E-state index is 0.245. The Bertz CT molecular complexity index is 798. The first-order valence-corrected chi connectivity index (χ1v) is 6.58. The van der Waals surface area contributed by atoms with E-state index in [1.54, 1.807) is 36.5 Å². The number of nitrogens with one attached hydrogen (secondary N) is 2. The van der Waals surface area contributed by atoms with E-state index in [4.69, 9.17) is 23.2 Å². The van der Waals surface area contributed by atoms with Gasteiger partial charge in [0.1, 0.15) is 0 Å². The van der Waals surface area contributed by atoms with E-state index in [9.17, 15) is 4.79 Å². The molecule has 2 N–H and O–H groups in total. The van der Waals surface area contributed by atoms with Gasteiger partial charge >= 0.3 is 0 Å². The van der Waals surface area contributed by atoms with Crippen molar-refractivity contribution < 1.29 is 4.79 Å². The Balaban J connectivity index is 1.88. The largest absolute Gasteiger partial charge is 0.321 e. The maximum atomic E-state index is 12.2. The third-order valence-electron chi connectivity index (χ3n) is 2.88. The van der Waals surface area contributed by atoms with E-state index in [2.05, 4.69) is 15.5 Å². The Labute approximate surface area is 124 Å². The molecule has 0 fully saturated rings. The number of fused-ring (bicyclic) bond motifs is 1. The first-order chi connectivity index (χ1) is 9.63. The van der Waals surface area contributed by atoms with E-state index in [1.165, 1.54) is 0 Å². The smallest absolute Gasteiger partial charge is 0.255 e. The van der Waals surface area contributed by atoms with Gasteiger partial charge in [-0.15, -0.1) is 0 Å². The second kappa shape index (κ2) is 5.15. The van der Waals surface area contributed by atoms with Crippen LogP contribution in [0.2, 0.25) is 10.0 Å². The second-order valence-electron chi connectivity index (χ2n) is 4.25. The molecule has 0 bridgehead atoms. The van der Waals surface area contributed by atoms with Crippen molar-refractivity contribution in [3.8, 4) is 0 Å². The first-order valence-electron chi connectivity index (χ1n) is 5.83. The van der Waals surface area contributed by atoms with E-state index in [0.717, 1.165) is 10.9 Å². The molecule has 0 unspecified atom stereocenters. The van der Waals surface area contributed by atoms with Crippen LogP contribution >= 0.6 is 23.2 Å². The van der Waals surface area contributed by atoms with E-state index in [-0.39, 0.29) is 5.91 Å². The summed E-state index contributed by atoms with van der Waals surface area (Å²) in [6, 6.07) is 10.2. The van der Waals surface area contributed by atoms with Crippen LogP contribution in [0.4, 0.5) is 5.69 Å². The number of H-pyrrole nitrogens is 1. The molecular formula is C14H9Cl2N3O. The fraction of sp³-hybridized carbons (Fsp3) is 0. The summed E-state index contributed by atoms with van der Waals surface area (Å²) in [6.07, 6.45) is 1.70. The molecule has 0 atom stereocenters. The Morgan fingerprint density at radius 1 is 1.15 bits per heavy atom. The van der Waals surface area contributed by atoms with Gasteiger partial charge in [0, 0.05) is 16.0 Å². The third-order valence-corrected chi connectivity index (χ3v) is 3.43. The summed E-state index contributed by atoms with van der Waals surface area (Å²) >= 11 is 11.8. The molecule has 1 heterocycles. The molecule has 1 aromatic heterocycles. The van der Waals surface area contributed by atoms with Gasteiger partial charge in [-0.3, -0.25) is 9.89 Å². The highest BCUT2D eigenvalue weighted by molar-refractivity contribution is 6.36. The Morgan fingerprint density at radius 3 is 2.80 bits per heavy atom. The van der Waals surface area contributed by atoms with Crippen molar-refractivity contribution in [3.05, 3.63) is 58.2 Å². The summed E-state index contributed by atoms with van der Waals surface area (Å²) in [4.78, 5) is 12.2. The molecule has 0 aliphatic carbocycles. The van der Waals surface area contributed by atoms with Gasteiger partial charge in [0.15, 0.2) is 0 Å². The molecular weight excluding hydrogens is 297 g/mol. The van der Waals surface area contributed by atoms with E-state index in [1.807, 2.05) is 6.07 Å². The number of aromatic amines is 1. The lowest BCUT2D eigenvalue weighted by Crippen LogP contribution is -2.12. The lowest BCUT2D eigenvalue weighted by atomic mass is 10.1. The van der Waals surface area contributed by atoms with Gasteiger partial charge in [-0.25, -0.2) is 0 Å². The average Bonchev–Trinajstić information content (AvgIpc) is 2.89. The van der Waals surface area contributed by atoms with Crippen molar-refractivity contribution in [2.75, 3.05) is 5.32 Å². The van der Waals surface area contributed by atoms with Crippen molar-refractivity contribution in [1.82, 2.24) is 10.2 Å². The van der Waals surface area contributed by atoms with Crippen LogP contribution in [0, 0.1) is 0 Å². The van der Waals surface area contributed by atoms with Crippen molar-refractivity contribution in [2.24, 2.45) is 0 Å². The zero-order chi connectivity index (χ0) is 14.1. The van der Waals surface area contributed by atoms with Crippen LogP contribution in [0.3, 0.4) is 0 Å². The summed E-state index contributed by atoms with van der Waals surface area (Å²) < 4.78 is 0. The zero-order valence-corrected chi connectivity index (χ0v) is 11.7. The number of nitrogens with zero attached hydrogens (tertiary/aromatic N) is 1. The summed E-state index contributed by atoms with van der Waals surface area (Å²) in [5.74, 6) is -0.245. The molecule has 1 amide bonds. The minimum Gasteiger partial charge on any atom is -0.321 e. The van der Waals surface area contributed by atoms with E-state index < -0.39 is 0 Å². The van der Waals surface area contributed by atoms with Gasteiger partial charge in [-0.05, 0) is 30.3 Å². The number of amides is 1. The minimum atomic E-state index is -0.245. The van der Waals surface area contributed by atoms with Crippen LogP contribution in [0.25, 0.3) is 10.9 Å². The van der Waals surface area contributed by atoms with Crippen molar-refractivity contribution in [1.29, 1.82) is 0 Å². The summed E-state index contributed by atoms with van der Waals surface area (Å²) in [7, 11) is 0. The quantitative estimate of drug-likeness (QED) is 0.748. The number of carbonyl (C=O) groups excluding carboxylic acids is 1. The number of hydrogen-bond acceptors (Lipinski definition) is 2. The van der Waals surface area contributed by atoms with Crippen LogP contribution in [-0.4, -0.2) is 16.1 Å². The molecule has 6 heteroatoms. The molecule has 2 aromatic carbocycles. The van der Waals surface area contributed by atoms with Crippen LogP contribution in [0.1, 0.15) is 10.4 Å². The van der Waals surface area contributed by atoms with Crippen molar-refractivity contribution in [3.63, 3.8) is 0 Å². The van der Waals surface area contributed by atoms with Crippen LogP contribution < -0.4 is 5.32 Å². The topological polar surface area (TPSA) is 57.8 Å². The zero-order valence-electron chi connectivity index (χ0n) is 10.2. The highest BCUT2D eigenvalue weighted by Gasteiger charge is 2.10. The second-order valence-corrected chi connectivity index (χ2v) is 5.09. The summed E-state index contributed by atoms with van der Waals surface area (Å²) in [6.45, 7) is 0. The predicted octanol–water partition coefficient (Wildman–Crippen LogP) is 4.12. The standard InChI is InChI=1S/C14H9Cl2N3O/c15-10-3-4-12(11(16)6-10)18-14(20)8-1-2-9-7-17-19-13(9)5-8/h1-7H,(H,17,19)(H,18,20). The summed E-state index contributed by atoms with van der Waals surface area (Å²) in [5, 5.41) is 11.4. The van der Waals surface area contributed by atoms with Crippen LogP contribution in [0.5, 0.6) is 0 Å². The number of anilines is 1. The molecule has 0 aliphatic heterocycles. The molecule has 3 aromatic rings. The monoisotopic (exact) mass is 305 g/mol. The van der Waals surface area contributed by atoms with Gasteiger partial charge in [0.05, 0.1) is 22.4 Å². The van der Waals surface area contributed by atoms with E-state index >= 15 is 0 Å². The fourth-order valence-electron chi connectivity index (χ4n) is 1.86. The fourth-order valence-corrected chi connectivity index (χ4v) is 2.32. The molecule has 0 saturated heterocycles. The molecule has 3 rings (SSSR count). The Hall–Kier alpha value is -2.04. The van der Waals surface area contributed by atoms with Gasteiger partial charge in [-0.1, -0.05) is 29.3 Å². The molecule has 100 valence electrons. The third kappa shape index (κ3) is 2.48. The molecule has 0 radical (unpaired) electrons. The SMILES string of the molecule is O=C(Nc1ccc(Cl)cc1Cl)c1ccc2cn[nH]c2c1. The number of halogens is 2. The van der Waals surface area contributed by atoms with Gasteiger partial charge in [0.25, 0.3) is 5.91 Å². The van der Waals surface area contributed by atoms with Crippen molar-refractivity contribution in [2.45, 2.75) is 0 Å². The molecule has 0 aliphatic rings. The first kappa shape index (κ1) is 13.0. The van der Waals surface area contributed by atoms with Crippen LogP contribution in [0.15, 0.2) is 42.6 Å². The van der Waals surface area contributed by atoms with Crippen LogP contribution in [-0.2, 0) is 0 Å². The maximum Gasteiger partial charge on any atom is 0.255 e. The maximum absolute atomic E-state index is 12.2.